The SMILES string of the molecule is N[C@@H]1CCN(c2cc(C3CC3)nc3ncnn23)C1. The highest BCUT2D eigenvalue weighted by Crippen LogP contribution is 2.40. The first-order valence-corrected chi connectivity index (χ1v) is 6.52. The van der Waals surface area contributed by atoms with Gasteiger partial charge in [0.25, 0.3) is 5.78 Å². The van der Waals surface area contributed by atoms with Crippen molar-refractivity contribution in [2.75, 3.05) is 18.0 Å². The standard InChI is InChI=1S/C12H16N6/c13-9-3-4-17(6-9)11-5-10(8-1-2-8)16-12-14-7-15-18(11)12/h5,7-9H,1-4,6,13H2/t9-/m1/s1. The Kier molecular flexibility index (Phi) is 2.08. The lowest BCUT2D eigenvalue weighted by atomic mass is 10.2. The number of rotatable bonds is 2. The van der Waals surface area contributed by atoms with Crippen LogP contribution in [-0.4, -0.2) is 38.7 Å². The lowest BCUT2D eigenvalue weighted by molar-refractivity contribution is 0.748. The molecule has 0 aromatic carbocycles. The molecule has 1 atom stereocenters. The summed E-state index contributed by atoms with van der Waals surface area (Å²) in [5.74, 6) is 2.42. The van der Waals surface area contributed by atoms with Crippen LogP contribution in [0, 0.1) is 0 Å². The number of nitrogens with zero attached hydrogens (tertiary/aromatic N) is 5. The molecule has 2 aromatic heterocycles. The lowest BCUT2D eigenvalue weighted by Crippen LogP contribution is -2.28. The predicted molar refractivity (Wildman–Crippen MR) is 67.6 cm³/mol. The summed E-state index contributed by atoms with van der Waals surface area (Å²) in [6, 6.07) is 2.43. The second-order valence-electron chi connectivity index (χ2n) is 5.28. The fraction of sp³-hybridized carbons (Fsp3) is 0.583. The zero-order chi connectivity index (χ0) is 12.1. The normalized spacial score (nSPS) is 24.1. The van der Waals surface area contributed by atoms with E-state index in [9.17, 15) is 0 Å². The van der Waals surface area contributed by atoms with E-state index in [4.69, 9.17) is 5.73 Å². The summed E-state index contributed by atoms with van der Waals surface area (Å²) in [6.07, 6.45) is 5.10. The quantitative estimate of drug-likeness (QED) is 0.834. The van der Waals surface area contributed by atoms with E-state index in [-0.39, 0.29) is 6.04 Å². The molecular formula is C12H16N6. The van der Waals surface area contributed by atoms with Gasteiger partial charge in [0.05, 0.1) is 5.69 Å². The highest BCUT2D eigenvalue weighted by atomic mass is 15.4. The first kappa shape index (κ1) is 10.3. The van der Waals surface area contributed by atoms with Crippen LogP contribution in [0.1, 0.15) is 30.9 Å². The monoisotopic (exact) mass is 244 g/mol. The molecular weight excluding hydrogens is 228 g/mol. The average molecular weight is 244 g/mol. The number of nitrogens with two attached hydrogens (primary N) is 1. The molecule has 2 aliphatic rings. The molecule has 2 aromatic rings. The number of anilines is 1. The number of aromatic nitrogens is 4. The Balaban J connectivity index is 1.83. The van der Waals surface area contributed by atoms with Crippen molar-refractivity contribution in [1.82, 2.24) is 19.6 Å². The molecule has 6 heteroatoms. The third kappa shape index (κ3) is 1.56. The Morgan fingerprint density at radius 1 is 1.28 bits per heavy atom. The zero-order valence-electron chi connectivity index (χ0n) is 10.2. The van der Waals surface area contributed by atoms with Crippen molar-refractivity contribution >= 4 is 11.6 Å². The number of hydrogen-bond donors (Lipinski definition) is 1. The Hall–Kier alpha value is -1.69. The largest absolute Gasteiger partial charge is 0.355 e. The van der Waals surface area contributed by atoms with E-state index in [0.717, 1.165) is 31.0 Å². The van der Waals surface area contributed by atoms with Crippen molar-refractivity contribution in [2.45, 2.75) is 31.2 Å². The topological polar surface area (TPSA) is 72.3 Å². The van der Waals surface area contributed by atoms with Crippen molar-refractivity contribution in [2.24, 2.45) is 5.73 Å². The van der Waals surface area contributed by atoms with Crippen LogP contribution in [0.2, 0.25) is 0 Å². The predicted octanol–water partition coefficient (Wildman–Crippen LogP) is 0.539. The molecule has 2 fully saturated rings. The molecule has 18 heavy (non-hydrogen) atoms. The molecule has 4 rings (SSSR count). The Morgan fingerprint density at radius 3 is 2.89 bits per heavy atom. The minimum absolute atomic E-state index is 0.265. The van der Waals surface area contributed by atoms with Gasteiger partial charge >= 0.3 is 0 Å². The Labute approximate surface area is 105 Å². The molecule has 6 nitrogen and oxygen atoms in total. The average Bonchev–Trinajstić information content (AvgIpc) is 2.96. The molecule has 0 unspecified atom stereocenters. The fourth-order valence-electron chi connectivity index (χ4n) is 2.62. The van der Waals surface area contributed by atoms with Gasteiger partial charge in [-0.1, -0.05) is 0 Å². The van der Waals surface area contributed by atoms with Crippen molar-refractivity contribution in [3.63, 3.8) is 0 Å². The van der Waals surface area contributed by atoms with Crippen molar-refractivity contribution in [3.05, 3.63) is 18.1 Å². The van der Waals surface area contributed by atoms with E-state index in [1.54, 1.807) is 6.33 Å². The lowest BCUT2D eigenvalue weighted by Gasteiger charge is -2.19. The third-order valence-corrected chi connectivity index (χ3v) is 3.80. The summed E-state index contributed by atoms with van der Waals surface area (Å²) in [6.45, 7) is 1.88. The number of hydrogen-bond acceptors (Lipinski definition) is 5. The molecule has 1 aliphatic carbocycles. The van der Waals surface area contributed by atoms with Crippen LogP contribution in [-0.2, 0) is 0 Å². The number of fused-ring (bicyclic) bond motifs is 1. The molecule has 1 aliphatic heterocycles. The van der Waals surface area contributed by atoms with Crippen LogP contribution in [0.3, 0.4) is 0 Å². The smallest absolute Gasteiger partial charge is 0.254 e. The van der Waals surface area contributed by atoms with E-state index in [1.807, 2.05) is 4.52 Å². The van der Waals surface area contributed by atoms with Gasteiger partial charge in [0.15, 0.2) is 0 Å². The molecule has 94 valence electrons. The van der Waals surface area contributed by atoms with Gasteiger partial charge in [0.2, 0.25) is 0 Å². The molecule has 1 saturated carbocycles. The van der Waals surface area contributed by atoms with Crippen molar-refractivity contribution in [1.29, 1.82) is 0 Å². The maximum atomic E-state index is 5.99. The van der Waals surface area contributed by atoms with E-state index >= 15 is 0 Å². The Bertz CT molecular complexity index is 587. The Morgan fingerprint density at radius 2 is 2.17 bits per heavy atom. The minimum atomic E-state index is 0.265. The van der Waals surface area contributed by atoms with Gasteiger partial charge in [-0.3, -0.25) is 0 Å². The van der Waals surface area contributed by atoms with E-state index in [2.05, 4.69) is 26.0 Å². The van der Waals surface area contributed by atoms with Crippen molar-refractivity contribution in [3.8, 4) is 0 Å². The summed E-state index contributed by atoms with van der Waals surface area (Å²) in [7, 11) is 0. The van der Waals surface area contributed by atoms with E-state index in [1.165, 1.54) is 12.8 Å². The van der Waals surface area contributed by atoms with Crippen LogP contribution >= 0.6 is 0 Å². The van der Waals surface area contributed by atoms with Gasteiger partial charge in [0, 0.05) is 31.1 Å². The third-order valence-electron chi connectivity index (χ3n) is 3.80. The zero-order valence-corrected chi connectivity index (χ0v) is 10.2. The highest BCUT2D eigenvalue weighted by Gasteiger charge is 2.28. The van der Waals surface area contributed by atoms with Gasteiger partial charge in [0.1, 0.15) is 12.1 Å². The van der Waals surface area contributed by atoms with Crippen LogP contribution in [0.5, 0.6) is 0 Å². The summed E-state index contributed by atoms with van der Waals surface area (Å²) in [4.78, 5) is 11.1. The van der Waals surface area contributed by atoms with Crippen LogP contribution in [0.15, 0.2) is 12.4 Å². The first-order valence-electron chi connectivity index (χ1n) is 6.52. The second kappa shape index (κ2) is 3.65. The van der Waals surface area contributed by atoms with Crippen LogP contribution < -0.4 is 10.6 Å². The van der Waals surface area contributed by atoms with Crippen LogP contribution in [0.4, 0.5) is 5.82 Å². The molecule has 0 spiro atoms. The van der Waals surface area contributed by atoms with Gasteiger partial charge in [-0.2, -0.15) is 14.6 Å². The van der Waals surface area contributed by atoms with Gasteiger partial charge in [-0.25, -0.2) is 4.98 Å². The highest BCUT2D eigenvalue weighted by molar-refractivity contribution is 5.49. The maximum absolute atomic E-state index is 5.99. The molecule has 3 heterocycles. The van der Waals surface area contributed by atoms with Gasteiger partial charge in [-0.05, 0) is 19.3 Å². The fourth-order valence-corrected chi connectivity index (χ4v) is 2.62. The summed E-state index contributed by atoms with van der Waals surface area (Å²) in [5.41, 5.74) is 7.15. The molecule has 2 N–H and O–H groups in total. The summed E-state index contributed by atoms with van der Waals surface area (Å²) < 4.78 is 1.82. The molecule has 0 bridgehead atoms. The molecule has 1 saturated heterocycles. The summed E-state index contributed by atoms with van der Waals surface area (Å²) in [5, 5.41) is 4.27. The second-order valence-corrected chi connectivity index (χ2v) is 5.28. The van der Waals surface area contributed by atoms with Crippen LogP contribution in [0.25, 0.3) is 5.78 Å². The van der Waals surface area contributed by atoms with Gasteiger partial charge < -0.3 is 10.6 Å². The molecule has 0 radical (unpaired) electrons. The van der Waals surface area contributed by atoms with E-state index < -0.39 is 0 Å². The van der Waals surface area contributed by atoms with Crippen molar-refractivity contribution < 1.29 is 0 Å². The maximum Gasteiger partial charge on any atom is 0.254 e. The first-order chi connectivity index (χ1) is 8.81. The summed E-state index contributed by atoms with van der Waals surface area (Å²) >= 11 is 0. The van der Waals surface area contributed by atoms with Gasteiger partial charge in [-0.15, -0.1) is 0 Å². The van der Waals surface area contributed by atoms with E-state index in [0.29, 0.717) is 11.7 Å². The molecule has 0 amide bonds. The minimum Gasteiger partial charge on any atom is -0.355 e.